The third-order valence-electron chi connectivity index (χ3n) is 4.69. The Labute approximate surface area is 237 Å². The molecule has 1 radical (unpaired) electrons. The van der Waals surface area contributed by atoms with Gasteiger partial charge in [-0.25, -0.2) is 0 Å². The van der Waals surface area contributed by atoms with Gasteiger partial charge in [0.15, 0.2) is 0 Å². The predicted molar refractivity (Wildman–Crippen MR) is 145 cm³/mol. The van der Waals surface area contributed by atoms with Gasteiger partial charge in [-0.05, 0) is 30.4 Å². The standard InChI is InChI=1S/2C12H8N2.CH2O3.Cu.7H2O/c2*1-3-9-5-6-10-4-2-8-14-12(10)11(9)13-7-1;2-1(3)4;;;;;;;;/h2*1-8H;(H2,2,3,4);;7*1H2/q;;;+2;;;;;;;/p-2. The Hall–Kier alpha value is -4.41. The first-order valence-corrected chi connectivity index (χ1v) is 9.68. The minimum atomic E-state index is -2.33. The maximum Gasteiger partial charge on any atom is 2.00 e. The summed E-state index contributed by atoms with van der Waals surface area (Å²) in [6, 6.07) is 24.3. The molecule has 6 rings (SSSR count). The second kappa shape index (κ2) is 21.5. The Morgan fingerprint density at radius 3 is 0.775 bits per heavy atom. The van der Waals surface area contributed by atoms with Crippen molar-refractivity contribution in [1.29, 1.82) is 0 Å². The summed E-state index contributed by atoms with van der Waals surface area (Å²) < 4.78 is 0. The zero-order chi connectivity index (χ0) is 22.3. The number of fused-ring (bicyclic) bond motifs is 6. The van der Waals surface area contributed by atoms with Crippen molar-refractivity contribution in [2.45, 2.75) is 0 Å². The number of hydrogen-bond acceptors (Lipinski definition) is 7. The Bertz CT molecular complexity index is 1340. The van der Waals surface area contributed by atoms with Gasteiger partial charge < -0.3 is 53.3 Å². The molecule has 0 fully saturated rings. The third kappa shape index (κ3) is 10.8. The van der Waals surface area contributed by atoms with Crippen molar-refractivity contribution < 1.29 is 70.4 Å². The zero-order valence-corrected chi connectivity index (χ0v) is 21.5. The first-order chi connectivity index (χ1) is 15.6. The fraction of sp³-hybridized carbons (Fsp3) is 0. The van der Waals surface area contributed by atoms with E-state index >= 15 is 0 Å². The van der Waals surface area contributed by atoms with Crippen LogP contribution in [0.3, 0.4) is 0 Å². The Morgan fingerprint density at radius 1 is 0.425 bits per heavy atom. The number of hydrogen-bond donors (Lipinski definition) is 0. The summed E-state index contributed by atoms with van der Waals surface area (Å²) in [5.41, 5.74) is 3.91. The average Bonchev–Trinajstić information content (AvgIpc) is 2.84. The Kier molecular flexibility index (Phi) is 24.5. The predicted octanol–water partition coefficient (Wildman–Crippen LogP) is -2.66. The van der Waals surface area contributed by atoms with Gasteiger partial charge in [0.1, 0.15) is 0 Å². The van der Waals surface area contributed by atoms with Gasteiger partial charge in [-0.2, -0.15) is 0 Å². The number of rotatable bonds is 0. The summed E-state index contributed by atoms with van der Waals surface area (Å²) in [6.07, 6.45) is 4.87. The van der Waals surface area contributed by atoms with Crippen LogP contribution in [0.5, 0.6) is 0 Å². The molecule has 0 saturated heterocycles. The molecule has 221 valence electrons. The Balaban J connectivity index is -0.000000153. The minimum Gasteiger partial charge on any atom is -0.652 e. The molecule has 40 heavy (non-hydrogen) atoms. The largest absolute Gasteiger partial charge is 2.00 e. The normalized spacial score (nSPS) is 8.20. The van der Waals surface area contributed by atoms with Crippen LogP contribution in [-0.2, 0) is 17.1 Å². The van der Waals surface area contributed by atoms with Crippen LogP contribution in [0.4, 0.5) is 4.79 Å². The molecule has 14 nitrogen and oxygen atoms in total. The number of carbonyl (C=O) groups is 1. The van der Waals surface area contributed by atoms with E-state index in [-0.39, 0.29) is 55.4 Å². The minimum absolute atomic E-state index is 0. The van der Waals surface area contributed by atoms with E-state index in [0.29, 0.717) is 0 Å². The van der Waals surface area contributed by atoms with Gasteiger partial charge in [-0.3, -0.25) is 19.9 Å². The van der Waals surface area contributed by atoms with E-state index in [1.54, 1.807) is 24.8 Å². The quantitative estimate of drug-likeness (QED) is 0.130. The van der Waals surface area contributed by atoms with E-state index in [1.807, 2.05) is 24.3 Å². The SMILES string of the molecule is O.O.O.O.O.O.O.O=C([O-])[O-].[Cu+2].c1cnc2c(c1)ccc1cccnc12.c1cnc2c(c1)ccc1cccnc12. The van der Waals surface area contributed by atoms with Crippen LogP contribution in [0.15, 0.2) is 97.6 Å². The van der Waals surface area contributed by atoms with Crippen LogP contribution in [0.1, 0.15) is 0 Å². The van der Waals surface area contributed by atoms with Crippen LogP contribution < -0.4 is 10.2 Å². The maximum absolute atomic E-state index is 8.33. The topological polar surface area (TPSA) is 335 Å². The monoisotopic (exact) mass is 609 g/mol. The van der Waals surface area contributed by atoms with Crippen molar-refractivity contribution in [2.75, 3.05) is 0 Å². The second-order valence-electron chi connectivity index (χ2n) is 6.68. The van der Waals surface area contributed by atoms with E-state index in [2.05, 4.69) is 68.5 Å². The van der Waals surface area contributed by atoms with Crippen LogP contribution in [0.2, 0.25) is 0 Å². The second-order valence-corrected chi connectivity index (χ2v) is 6.68. The summed E-state index contributed by atoms with van der Waals surface area (Å²) in [6.45, 7) is 0. The van der Waals surface area contributed by atoms with Gasteiger partial charge in [0.25, 0.3) is 0 Å². The maximum atomic E-state index is 8.33. The van der Waals surface area contributed by atoms with Gasteiger partial charge in [0, 0.05) is 46.3 Å². The Morgan fingerprint density at radius 2 is 0.600 bits per heavy atom. The van der Waals surface area contributed by atoms with Crippen molar-refractivity contribution in [3.8, 4) is 0 Å². The number of carbonyl (C=O) groups excluding carboxylic acids is 1. The number of benzene rings is 2. The number of carboxylic acid groups (broad SMARTS) is 2. The molecule has 14 N–H and O–H groups in total. The molecular formula is C25H30CuN4O10. The molecular weight excluding hydrogens is 580 g/mol. The van der Waals surface area contributed by atoms with Gasteiger partial charge in [0.2, 0.25) is 0 Å². The van der Waals surface area contributed by atoms with E-state index in [0.717, 1.165) is 43.6 Å². The molecule has 2 aromatic carbocycles. The third-order valence-corrected chi connectivity index (χ3v) is 4.69. The van der Waals surface area contributed by atoms with E-state index < -0.39 is 6.16 Å². The molecule has 0 unspecified atom stereocenters. The van der Waals surface area contributed by atoms with Crippen LogP contribution in [0, 0.1) is 0 Å². The molecule has 0 aliphatic heterocycles. The van der Waals surface area contributed by atoms with Crippen molar-refractivity contribution in [2.24, 2.45) is 0 Å². The van der Waals surface area contributed by atoms with Crippen LogP contribution in [0.25, 0.3) is 43.6 Å². The molecule has 15 heteroatoms. The molecule has 0 spiro atoms. The summed E-state index contributed by atoms with van der Waals surface area (Å²) in [4.78, 5) is 25.7. The van der Waals surface area contributed by atoms with E-state index in [4.69, 9.17) is 15.0 Å². The van der Waals surface area contributed by atoms with Gasteiger partial charge in [-0.1, -0.05) is 48.5 Å². The first-order valence-electron chi connectivity index (χ1n) is 9.68. The average molecular weight is 610 g/mol. The molecule has 0 amide bonds. The van der Waals surface area contributed by atoms with Crippen molar-refractivity contribution >= 4 is 49.8 Å². The molecule has 0 bridgehead atoms. The van der Waals surface area contributed by atoms with Crippen LogP contribution >= 0.6 is 0 Å². The molecule has 6 aromatic rings. The zero-order valence-electron chi connectivity index (χ0n) is 20.6. The summed E-state index contributed by atoms with van der Waals surface area (Å²) in [5.74, 6) is 0. The summed E-state index contributed by atoms with van der Waals surface area (Å²) >= 11 is 0. The molecule has 0 aliphatic carbocycles. The fourth-order valence-corrected chi connectivity index (χ4v) is 3.36. The molecule has 0 aliphatic rings. The summed E-state index contributed by atoms with van der Waals surface area (Å²) in [7, 11) is 0. The van der Waals surface area contributed by atoms with E-state index in [9.17, 15) is 0 Å². The van der Waals surface area contributed by atoms with Crippen molar-refractivity contribution in [1.82, 2.24) is 19.9 Å². The number of nitrogens with zero attached hydrogens (tertiary/aromatic N) is 4. The summed E-state index contributed by atoms with van der Waals surface area (Å²) in [5, 5.41) is 21.2. The molecule has 4 heterocycles. The first kappa shape index (κ1) is 45.5. The smallest absolute Gasteiger partial charge is 0.652 e. The van der Waals surface area contributed by atoms with Gasteiger partial charge in [0.05, 0.1) is 22.1 Å². The van der Waals surface area contributed by atoms with Gasteiger partial charge >= 0.3 is 17.1 Å². The van der Waals surface area contributed by atoms with E-state index in [1.165, 1.54) is 0 Å². The van der Waals surface area contributed by atoms with Gasteiger partial charge in [-0.15, -0.1) is 0 Å². The number of pyridine rings is 4. The molecule has 4 aromatic heterocycles. The van der Waals surface area contributed by atoms with Crippen LogP contribution in [-0.4, -0.2) is 64.4 Å². The molecule has 0 saturated carbocycles. The fourth-order valence-electron chi connectivity index (χ4n) is 3.36. The van der Waals surface area contributed by atoms with Crippen molar-refractivity contribution in [3.63, 3.8) is 0 Å². The number of aromatic nitrogens is 4. The molecule has 0 atom stereocenters. The van der Waals surface area contributed by atoms with Crippen molar-refractivity contribution in [3.05, 3.63) is 97.6 Å².